The van der Waals surface area contributed by atoms with Crippen LogP contribution in [0.25, 0.3) is 11.0 Å². The summed E-state index contributed by atoms with van der Waals surface area (Å²) >= 11 is 0. The van der Waals surface area contributed by atoms with Gasteiger partial charge in [-0.15, -0.1) is 0 Å². The van der Waals surface area contributed by atoms with Gasteiger partial charge in [-0.1, -0.05) is 30.3 Å². The number of carbonyl (C=O) groups is 5. The number of hydrogen-bond acceptors (Lipinski definition) is 9. The van der Waals surface area contributed by atoms with Crippen LogP contribution in [0.5, 0.6) is 5.75 Å². The Hall–Kier alpha value is -5.36. The highest BCUT2D eigenvalue weighted by atomic mass is 16.5. The number of aromatic nitrogens is 1. The fourth-order valence-corrected chi connectivity index (χ4v) is 5.57. The van der Waals surface area contributed by atoms with Gasteiger partial charge in [0, 0.05) is 30.7 Å². The van der Waals surface area contributed by atoms with Crippen molar-refractivity contribution < 1.29 is 33.1 Å². The van der Waals surface area contributed by atoms with Crippen molar-refractivity contribution in [1.29, 1.82) is 0 Å². The summed E-state index contributed by atoms with van der Waals surface area (Å²) in [6, 6.07) is 16.8. The van der Waals surface area contributed by atoms with E-state index in [1.807, 2.05) is 42.5 Å². The van der Waals surface area contributed by atoms with Crippen LogP contribution >= 0.6 is 0 Å². The van der Waals surface area contributed by atoms with Gasteiger partial charge < -0.3 is 14.5 Å². The van der Waals surface area contributed by atoms with Gasteiger partial charge >= 0.3 is 0 Å². The minimum atomic E-state index is -1.04. The lowest BCUT2D eigenvalue weighted by molar-refractivity contribution is -0.136. The van der Waals surface area contributed by atoms with Crippen LogP contribution in [-0.2, 0) is 14.4 Å². The third-order valence-electron chi connectivity index (χ3n) is 7.79. The molecule has 2 atom stereocenters. The van der Waals surface area contributed by atoms with Crippen molar-refractivity contribution in [1.82, 2.24) is 25.8 Å². The number of nitrogens with zero attached hydrogens (tertiary/aromatic N) is 2. The van der Waals surface area contributed by atoms with E-state index in [-0.39, 0.29) is 54.8 Å². The first-order valence-electron chi connectivity index (χ1n) is 14.8. The maximum Gasteiger partial charge on any atom is 0.266 e. The molecule has 2 aromatic heterocycles. The van der Waals surface area contributed by atoms with Gasteiger partial charge in [0.25, 0.3) is 11.8 Å². The fraction of sp³-hybridized carbons (Fsp3) is 0.273. The number of ether oxygens (including phenoxy) is 1. The number of benzene rings is 2. The largest absolute Gasteiger partial charge is 0.493 e. The molecule has 0 spiro atoms. The third-order valence-corrected chi connectivity index (χ3v) is 7.79. The number of rotatable bonds is 12. The van der Waals surface area contributed by atoms with E-state index in [1.54, 1.807) is 24.5 Å². The first-order chi connectivity index (χ1) is 21.9. The van der Waals surface area contributed by atoms with E-state index < -0.39 is 29.7 Å². The molecule has 5 amide bonds. The number of hydrogen-bond donors (Lipinski definition) is 3. The SMILES string of the molecule is O=C(CNC(c1cccnc1)c1cc2ccccc2o1)NCCCCOc1cccc2c1C(=O)N(C1CCC(=O)NC1=O)C2=O. The van der Waals surface area contributed by atoms with Crippen LogP contribution in [0.2, 0.25) is 0 Å². The number of carbonyl (C=O) groups excluding carboxylic acids is 5. The summed E-state index contributed by atoms with van der Waals surface area (Å²) in [6.07, 6.45) is 4.75. The minimum absolute atomic E-state index is 0.0478. The monoisotopic (exact) mass is 609 g/mol. The fourth-order valence-electron chi connectivity index (χ4n) is 5.57. The zero-order valence-corrected chi connectivity index (χ0v) is 24.3. The van der Waals surface area contributed by atoms with Gasteiger partial charge in [0.15, 0.2) is 0 Å². The lowest BCUT2D eigenvalue weighted by atomic mass is 10.0. The zero-order chi connectivity index (χ0) is 31.3. The van der Waals surface area contributed by atoms with Crippen molar-refractivity contribution in [3.8, 4) is 5.75 Å². The summed E-state index contributed by atoms with van der Waals surface area (Å²) in [5.41, 5.74) is 1.90. The molecule has 45 heavy (non-hydrogen) atoms. The van der Waals surface area contributed by atoms with Crippen LogP contribution < -0.4 is 20.7 Å². The van der Waals surface area contributed by atoms with E-state index in [1.165, 1.54) is 6.07 Å². The molecular weight excluding hydrogens is 578 g/mol. The second kappa shape index (κ2) is 13.1. The number of pyridine rings is 1. The van der Waals surface area contributed by atoms with E-state index >= 15 is 0 Å². The number of para-hydroxylation sites is 1. The van der Waals surface area contributed by atoms with Gasteiger partial charge in [-0.3, -0.25) is 44.5 Å². The molecule has 230 valence electrons. The Morgan fingerprint density at radius 3 is 2.71 bits per heavy atom. The summed E-state index contributed by atoms with van der Waals surface area (Å²) in [5.74, 6) is -1.55. The van der Waals surface area contributed by atoms with Crippen LogP contribution in [-0.4, -0.2) is 65.2 Å². The third kappa shape index (κ3) is 6.31. The average Bonchev–Trinajstić information content (AvgIpc) is 3.58. The summed E-state index contributed by atoms with van der Waals surface area (Å²) in [5, 5.41) is 9.33. The number of unbranched alkanes of at least 4 members (excludes halogenated alkanes) is 1. The van der Waals surface area contributed by atoms with Crippen molar-refractivity contribution in [3.05, 3.63) is 95.5 Å². The Labute approximate surface area is 258 Å². The van der Waals surface area contributed by atoms with E-state index in [4.69, 9.17) is 9.15 Å². The lowest BCUT2D eigenvalue weighted by Crippen LogP contribution is -2.54. The smallest absolute Gasteiger partial charge is 0.266 e. The normalized spacial score (nSPS) is 16.9. The highest BCUT2D eigenvalue weighted by molar-refractivity contribution is 6.24. The molecule has 2 aromatic carbocycles. The molecule has 12 heteroatoms. The molecule has 6 rings (SSSR count). The van der Waals surface area contributed by atoms with Gasteiger partial charge in [0.05, 0.1) is 30.3 Å². The highest BCUT2D eigenvalue weighted by Gasteiger charge is 2.46. The second-order valence-electron chi connectivity index (χ2n) is 10.8. The number of fused-ring (bicyclic) bond motifs is 2. The van der Waals surface area contributed by atoms with Crippen LogP contribution in [0, 0.1) is 0 Å². The molecule has 3 N–H and O–H groups in total. The molecule has 12 nitrogen and oxygen atoms in total. The maximum absolute atomic E-state index is 13.2. The molecule has 0 radical (unpaired) electrons. The van der Waals surface area contributed by atoms with Crippen molar-refractivity contribution in [2.45, 2.75) is 37.8 Å². The van der Waals surface area contributed by atoms with Crippen LogP contribution in [0.15, 0.2) is 77.5 Å². The van der Waals surface area contributed by atoms with E-state index in [0.29, 0.717) is 25.1 Å². The van der Waals surface area contributed by atoms with Crippen LogP contribution in [0.4, 0.5) is 0 Å². The Bertz CT molecular complexity index is 1740. The van der Waals surface area contributed by atoms with Crippen molar-refractivity contribution in [2.24, 2.45) is 0 Å². The van der Waals surface area contributed by atoms with Gasteiger partial charge in [-0.2, -0.15) is 0 Å². The Morgan fingerprint density at radius 1 is 1.04 bits per heavy atom. The number of amides is 5. The molecule has 0 saturated carbocycles. The standard InChI is InChI=1S/C33H31N5O7/c39-27-13-12-23(31(41)37-27)38-32(42)22-9-5-11-25(29(22)33(38)43)44-16-4-3-15-35-28(40)19-36-30(21-8-6-14-34-18-21)26-17-20-7-1-2-10-24(20)45-26/h1-2,5-11,14,17-18,23,30,36H,3-4,12-13,15-16,19H2,(H,35,40)(H,37,39,41). The number of nitrogens with one attached hydrogen (secondary N) is 3. The van der Waals surface area contributed by atoms with E-state index in [9.17, 15) is 24.0 Å². The molecular formula is C33H31N5O7. The van der Waals surface area contributed by atoms with Gasteiger partial charge in [-0.25, -0.2) is 0 Å². The second-order valence-corrected chi connectivity index (χ2v) is 10.8. The summed E-state index contributed by atoms with van der Waals surface area (Å²) in [6.45, 7) is 0.725. The molecule has 2 unspecified atom stereocenters. The first-order valence-corrected chi connectivity index (χ1v) is 14.8. The van der Waals surface area contributed by atoms with E-state index in [0.717, 1.165) is 21.4 Å². The number of piperidine rings is 1. The molecule has 4 heterocycles. The quantitative estimate of drug-likeness (QED) is 0.162. The Morgan fingerprint density at radius 2 is 1.91 bits per heavy atom. The lowest BCUT2D eigenvalue weighted by Gasteiger charge is -2.27. The molecule has 1 fully saturated rings. The summed E-state index contributed by atoms with van der Waals surface area (Å²) in [7, 11) is 0. The molecule has 2 aliphatic rings. The Kier molecular flexibility index (Phi) is 8.65. The average molecular weight is 610 g/mol. The predicted molar refractivity (Wildman–Crippen MR) is 161 cm³/mol. The highest BCUT2D eigenvalue weighted by Crippen LogP contribution is 2.34. The van der Waals surface area contributed by atoms with Crippen molar-refractivity contribution in [2.75, 3.05) is 19.7 Å². The predicted octanol–water partition coefficient (Wildman–Crippen LogP) is 2.88. The van der Waals surface area contributed by atoms with Gasteiger partial charge in [0.2, 0.25) is 17.7 Å². The van der Waals surface area contributed by atoms with Gasteiger partial charge in [-0.05, 0) is 55.2 Å². The maximum atomic E-state index is 13.2. The van der Waals surface area contributed by atoms with Crippen molar-refractivity contribution in [3.63, 3.8) is 0 Å². The molecule has 1 saturated heterocycles. The van der Waals surface area contributed by atoms with E-state index in [2.05, 4.69) is 20.9 Å². The van der Waals surface area contributed by atoms with Crippen LogP contribution in [0.3, 0.4) is 0 Å². The topological polar surface area (TPSA) is 160 Å². The first kappa shape index (κ1) is 29.7. The zero-order valence-electron chi connectivity index (χ0n) is 24.3. The summed E-state index contributed by atoms with van der Waals surface area (Å²) in [4.78, 5) is 67.8. The molecule has 2 aliphatic heterocycles. The summed E-state index contributed by atoms with van der Waals surface area (Å²) < 4.78 is 11.9. The van der Waals surface area contributed by atoms with Crippen molar-refractivity contribution >= 4 is 40.5 Å². The molecule has 0 bridgehead atoms. The van der Waals surface area contributed by atoms with Crippen LogP contribution in [0.1, 0.15) is 63.8 Å². The number of furan rings is 1. The molecule has 0 aliphatic carbocycles. The van der Waals surface area contributed by atoms with Gasteiger partial charge in [0.1, 0.15) is 23.1 Å². The Balaban J connectivity index is 0.980. The number of imide groups is 2. The molecule has 4 aromatic rings. The minimum Gasteiger partial charge on any atom is -0.493 e.